The van der Waals surface area contributed by atoms with Crippen LogP contribution in [0.4, 0.5) is 0 Å². The van der Waals surface area contributed by atoms with Crippen LogP contribution in [0.25, 0.3) is 0 Å². The van der Waals surface area contributed by atoms with E-state index in [0.29, 0.717) is 11.3 Å². The molecule has 0 saturated carbocycles. The summed E-state index contributed by atoms with van der Waals surface area (Å²) in [7, 11) is 0. The monoisotopic (exact) mass is 321 g/mol. The van der Waals surface area contributed by atoms with Crippen LogP contribution in [0.1, 0.15) is 44.6 Å². The summed E-state index contributed by atoms with van der Waals surface area (Å²) in [5.74, 6) is 0.951. The lowest BCUT2D eigenvalue weighted by Gasteiger charge is -2.24. The Morgan fingerprint density at radius 1 is 1.24 bits per heavy atom. The third kappa shape index (κ3) is 4.80. The molecule has 1 aromatic heterocycles. The summed E-state index contributed by atoms with van der Waals surface area (Å²) in [5, 5.41) is 4.08. The van der Waals surface area contributed by atoms with E-state index in [1.54, 1.807) is 0 Å². The predicted molar refractivity (Wildman–Crippen MR) is 92.1 cm³/mol. The Balaban J connectivity index is 2.08. The second-order valence-corrected chi connectivity index (χ2v) is 7.37. The standard InChI is InChI=1S/C16H23N3S2/c1-4-11-17-15(13-9-7-6-8-10-13)12(3)20-16-18-14(5-2)19-21-16/h6-10,12,15,17H,4-5,11H2,1-3H3. The van der Waals surface area contributed by atoms with Gasteiger partial charge < -0.3 is 5.32 Å². The van der Waals surface area contributed by atoms with E-state index < -0.39 is 0 Å². The summed E-state index contributed by atoms with van der Waals surface area (Å²) in [5.41, 5.74) is 1.34. The average Bonchev–Trinajstić information content (AvgIpc) is 2.96. The third-order valence-electron chi connectivity index (χ3n) is 3.29. The largest absolute Gasteiger partial charge is 0.309 e. The lowest BCUT2D eigenvalue weighted by atomic mass is 10.0. The van der Waals surface area contributed by atoms with Gasteiger partial charge in [0, 0.05) is 17.7 Å². The molecule has 0 fully saturated rings. The molecule has 21 heavy (non-hydrogen) atoms. The van der Waals surface area contributed by atoms with Crippen LogP contribution in [0.3, 0.4) is 0 Å². The van der Waals surface area contributed by atoms with Gasteiger partial charge in [-0.2, -0.15) is 4.37 Å². The quantitative estimate of drug-likeness (QED) is 0.735. The fourth-order valence-corrected chi connectivity index (χ4v) is 4.28. The number of hydrogen-bond acceptors (Lipinski definition) is 5. The fourth-order valence-electron chi connectivity index (χ4n) is 2.17. The van der Waals surface area contributed by atoms with Crippen molar-refractivity contribution >= 4 is 23.3 Å². The Hall–Kier alpha value is -0.910. The minimum atomic E-state index is 0.338. The number of nitrogens with zero attached hydrogens (tertiary/aromatic N) is 2. The zero-order chi connectivity index (χ0) is 15.1. The number of benzene rings is 1. The van der Waals surface area contributed by atoms with Crippen molar-refractivity contribution in [2.45, 2.75) is 49.2 Å². The van der Waals surface area contributed by atoms with Gasteiger partial charge in [-0.3, -0.25) is 0 Å². The van der Waals surface area contributed by atoms with Crippen molar-refractivity contribution in [2.75, 3.05) is 6.54 Å². The molecule has 0 aliphatic rings. The highest BCUT2D eigenvalue weighted by molar-refractivity contribution is 8.01. The van der Waals surface area contributed by atoms with E-state index in [9.17, 15) is 0 Å². The number of aryl methyl sites for hydroxylation is 1. The van der Waals surface area contributed by atoms with Crippen molar-refractivity contribution in [2.24, 2.45) is 0 Å². The smallest absolute Gasteiger partial charge is 0.170 e. The number of hydrogen-bond donors (Lipinski definition) is 1. The molecule has 0 aliphatic heterocycles. The molecule has 1 aromatic carbocycles. The second kappa shape index (κ2) is 8.51. The van der Waals surface area contributed by atoms with Gasteiger partial charge in [-0.05, 0) is 30.1 Å². The molecule has 0 saturated heterocycles. The van der Waals surface area contributed by atoms with Gasteiger partial charge in [-0.1, -0.05) is 62.9 Å². The lowest BCUT2D eigenvalue weighted by molar-refractivity contribution is 0.528. The van der Waals surface area contributed by atoms with E-state index in [0.717, 1.165) is 29.6 Å². The van der Waals surface area contributed by atoms with Gasteiger partial charge >= 0.3 is 0 Å². The van der Waals surface area contributed by atoms with Crippen LogP contribution in [0, 0.1) is 0 Å². The minimum Gasteiger partial charge on any atom is -0.309 e. The molecule has 0 bridgehead atoms. The van der Waals surface area contributed by atoms with Gasteiger partial charge in [0.1, 0.15) is 5.82 Å². The fraction of sp³-hybridized carbons (Fsp3) is 0.500. The van der Waals surface area contributed by atoms with E-state index >= 15 is 0 Å². The molecule has 3 nitrogen and oxygen atoms in total. The van der Waals surface area contributed by atoms with E-state index in [1.165, 1.54) is 17.1 Å². The van der Waals surface area contributed by atoms with Crippen molar-refractivity contribution in [3.05, 3.63) is 41.7 Å². The van der Waals surface area contributed by atoms with Crippen LogP contribution in [0.5, 0.6) is 0 Å². The maximum absolute atomic E-state index is 4.57. The Morgan fingerprint density at radius 2 is 2.00 bits per heavy atom. The molecule has 0 aliphatic carbocycles. The first kappa shape index (κ1) is 16.5. The highest BCUT2D eigenvalue weighted by Crippen LogP contribution is 2.33. The first-order valence-electron chi connectivity index (χ1n) is 7.52. The average molecular weight is 322 g/mol. The van der Waals surface area contributed by atoms with Crippen LogP contribution in [-0.2, 0) is 6.42 Å². The van der Waals surface area contributed by atoms with Gasteiger partial charge in [-0.25, -0.2) is 4.98 Å². The molecular formula is C16H23N3S2. The van der Waals surface area contributed by atoms with Crippen molar-refractivity contribution < 1.29 is 0 Å². The van der Waals surface area contributed by atoms with Gasteiger partial charge in [-0.15, -0.1) is 0 Å². The molecule has 114 valence electrons. The molecule has 0 spiro atoms. The molecule has 0 radical (unpaired) electrons. The molecule has 0 amide bonds. The molecular weight excluding hydrogens is 298 g/mol. The summed E-state index contributed by atoms with van der Waals surface area (Å²) in [6.07, 6.45) is 2.04. The normalized spacial score (nSPS) is 14.0. The maximum Gasteiger partial charge on any atom is 0.170 e. The minimum absolute atomic E-state index is 0.338. The third-order valence-corrected chi connectivity index (χ3v) is 5.29. The molecule has 2 unspecified atom stereocenters. The van der Waals surface area contributed by atoms with Crippen LogP contribution < -0.4 is 5.32 Å². The number of rotatable bonds is 8. The van der Waals surface area contributed by atoms with Crippen molar-refractivity contribution in [3.8, 4) is 0 Å². The Morgan fingerprint density at radius 3 is 2.62 bits per heavy atom. The van der Waals surface area contributed by atoms with Gasteiger partial charge in [0.25, 0.3) is 0 Å². The van der Waals surface area contributed by atoms with Crippen LogP contribution in [0.15, 0.2) is 34.7 Å². The number of thioether (sulfide) groups is 1. The predicted octanol–water partition coefficient (Wildman–Crippen LogP) is 4.32. The first-order valence-corrected chi connectivity index (χ1v) is 9.17. The van der Waals surface area contributed by atoms with E-state index in [2.05, 4.69) is 65.8 Å². The Kier molecular flexibility index (Phi) is 6.67. The first-order chi connectivity index (χ1) is 10.2. The molecule has 1 heterocycles. The summed E-state index contributed by atoms with van der Waals surface area (Å²) >= 11 is 3.33. The molecule has 2 atom stereocenters. The van der Waals surface area contributed by atoms with Gasteiger partial charge in [0.05, 0.1) is 0 Å². The molecule has 2 rings (SSSR count). The van der Waals surface area contributed by atoms with E-state index in [4.69, 9.17) is 0 Å². The van der Waals surface area contributed by atoms with Crippen molar-refractivity contribution in [3.63, 3.8) is 0 Å². The Bertz CT molecular complexity index is 527. The van der Waals surface area contributed by atoms with Crippen molar-refractivity contribution in [1.29, 1.82) is 0 Å². The SMILES string of the molecule is CCCNC(c1ccccc1)C(C)Sc1nc(CC)ns1. The molecule has 1 N–H and O–H groups in total. The number of nitrogens with one attached hydrogen (secondary N) is 1. The van der Waals surface area contributed by atoms with E-state index in [1.807, 2.05) is 11.8 Å². The van der Waals surface area contributed by atoms with Gasteiger partial charge in [0.2, 0.25) is 0 Å². The van der Waals surface area contributed by atoms with Crippen molar-refractivity contribution in [1.82, 2.24) is 14.7 Å². The molecule has 2 aromatic rings. The molecule has 5 heteroatoms. The van der Waals surface area contributed by atoms with Crippen LogP contribution in [0.2, 0.25) is 0 Å². The topological polar surface area (TPSA) is 37.8 Å². The van der Waals surface area contributed by atoms with Crippen LogP contribution in [-0.4, -0.2) is 21.2 Å². The maximum atomic E-state index is 4.57. The summed E-state index contributed by atoms with van der Waals surface area (Å²) in [4.78, 5) is 4.57. The summed E-state index contributed by atoms with van der Waals surface area (Å²) in [6.45, 7) is 7.58. The van der Waals surface area contributed by atoms with Crippen LogP contribution >= 0.6 is 23.3 Å². The highest BCUT2D eigenvalue weighted by Gasteiger charge is 2.21. The zero-order valence-corrected chi connectivity index (χ0v) is 14.5. The number of aromatic nitrogens is 2. The highest BCUT2D eigenvalue weighted by atomic mass is 32.2. The second-order valence-electron chi connectivity index (χ2n) is 5.00. The summed E-state index contributed by atoms with van der Waals surface area (Å²) in [6, 6.07) is 11.0. The van der Waals surface area contributed by atoms with Gasteiger partial charge in [0.15, 0.2) is 4.34 Å². The summed E-state index contributed by atoms with van der Waals surface area (Å²) < 4.78 is 5.44. The zero-order valence-electron chi connectivity index (χ0n) is 12.9. The Labute approximate surface area is 135 Å². The lowest BCUT2D eigenvalue weighted by Crippen LogP contribution is -2.29. The van der Waals surface area contributed by atoms with E-state index in [-0.39, 0.29) is 0 Å².